The molecule has 0 aliphatic carbocycles. The number of aliphatic carboxylic acids is 2. The van der Waals surface area contributed by atoms with Crippen LogP contribution in [0, 0.1) is 6.92 Å². The summed E-state index contributed by atoms with van der Waals surface area (Å²) in [7, 11) is 0. The van der Waals surface area contributed by atoms with Gasteiger partial charge in [-0.2, -0.15) is 4.98 Å². The van der Waals surface area contributed by atoms with E-state index >= 15 is 0 Å². The Hall–Kier alpha value is -4.94. The number of benzene rings is 1. The number of alkyl carbamates (subject to hydrolysis) is 1. The molecule has 1 saturated heterocycles. The van der Waals surface area contributed by atoms with Crippen molar-refractivity contribution in [3.05, 3.63) is 82.5 Å². The number of hydrogen-bond acceptors (Lipinski definition) is 9. The van der Waals surface area contributed by atoms with Crippen LogP contribution in [0.3, 0.4) is 0 Å². The predicted molar refractivity (Wildman–Crippen MR) is 146 cm³/mol. The first-order valence-electron chi connectivity index (χ1n) is 12.5. The first kappa shape index (κ1) is 29.6. The van der Waals surface area contributed by atoms with Crippen LogP contribution in [0.25, 0.3) is 0 Å². The summed E-state index contributed by atoms with van der Waals surface area (Å²) in [5.74, 6) is -0.642. The molecule has 1 aromatic carbocycles. The summed E-state index contributed by atoms with van der Waals surface area (Å²) in [6.45, 7) is 5.42. The summed E-state index contributed by atoms with van der Waals surface area (Å²) in [4.78, 5) is 58.5. The van der Waals surface area contributed by atoms with Gasteiger partial charge in [0.25, 0.3) is 5.97 Å². The lowest BCUT2D eigenvalue weighted by atomic mass is 10.2. The topological polar surface area (TPSA) is 167 Å². The van der Waals surface area contributed by atoms with Crippen molar-refractivity contribution in [2.75, 3.05) is 36.0 Å². The number of nitrogens with zero attached hydrogens (tertiary/aromatic N) is 5. The Morgan fingerprint density at radius 3 is 2.23 bits per heavy atom. The Morgan fingerprint density at radius 2 is 1.62 bits per heavy atom. The van der Waals surface area contributed by atoms with E-state index in [2.05, 4.69) is 20.2 Å². The molecular weight excluding hydrogens is 520 g/mol. The minimum atomic E-state index is -1.36. The smallest absolute Gasteiger partial charge is 0.408 e. The zero-order chi connectivity index (χ0) is 29.1. The minimum absolute atomic E-state index is 0.00190. The van der Waals surface area contributed by atoms with E-state index in [1.54, 1.807) is 24.5 Å². The SMILES string of the molecule is CC(=O)O.Cc1cn(C[C@H](NC(=O)OCc2ccccc2)C(=O)O)c(=O)nc1N1CCN(c2ccccn2)CC1. The number of nitrogens with one attached hydrogen (secondary N) is 1. The lowest BCUT2D eigenvalue weighted by Gasteiger charge is -2.36. The fourth-order valence-electron chi connectivity index (χ4n) is 4.02. The molecule has 4 rings (SSSR count). The van der Waals surface area contributed by atoms with Crippen molar-refractivity contribution >= 4 is 29.7 Å². The zero-order valence-electron chi connectivity index (χ0n) is 22.3. The number of carbonyl (C=O) groups is 3. The normalized spacial score (nSPS) is 13.4. The van der Waals surface area contributed by atoms with E-state index in [1.165, 1.54) is 4.57 Å². The van der Waals surface area contributed by atoms with Crippen LogP contribution in [-0.4, -0.2) is 75.0 Å². The van der Waals surface area contributed by atoms with E-state index in [-0.39, 0.29) is 13.2 Å². The molecule has 1 fully saturated rings. The van der Waals surface area contributed by atoms with Crippen LogP contribution < -0.4 is 20.8 Å². The molecule has 1 aliphatic heterocycles. The second-order valence-corrected chi connectivity index (χ2v) is 8.96. The largest absolute Gasteiger partial charge is 0.481 e. The van der Waals surface area contributed by atoms with Gasteiger partial charge in [0.15, 0.2) is 0 Å². The van der Waals surface area contributed by atoms with Gasteiger partial charge in [-0.15, -0.1) is 0 Å². The van der Waals surface area contributed by atoms with Crippen molar-refractivity contribution in [2.24, 2.45) is 0 Å². The monoisotopic (exact) mass is 552 g/mol. The Kier molecular flexibility index (Phi) is 10.6. The Labute approximate surface area is 230 Å². The third-order valence-corrected chi connectivity index (χ3v) is 5.88. The van der Waals surface area contributed by atoms with Crippen molar-refractivity contribution in [3.63, 3.8) is 0 Å². The van der Waals surface area contributed by atoms with E-state index in [4.69, 9.17) is 14.6 Å². The molecule has 0 bridgehead atoms. The average Bonchev–Trinajstić information content (AvgIpc) is 2.94. The number of amides is 1. The van der Waals surface area contributed by atoms with Crippen LogP contribution in [-0.2, 0) is 27.5 Å². The first-order chi connectivity index (χ1) is 19.1. The number of aryl methyl sites for hydroxylation is 1. The molecule has 1 aliphatic rings. The predicted octanol–water partition coefficient (Wildman–Crippen LogP) is 1.74. The number of hydrogen-bond donors (Lipinski definition) is 3. The summed E-state index contributed by atoms with van der Waals surface area (Å²) in [6.07, 6.45) is 2.45. The summed E-state index contributed by atoms with van der Waals surface area (Å²) >= 11 is 0. The van der Waals surface area contributed by atoms with Crippen LogP contribution in [0.15, 0.2) is 65.7 Å². The van der Waals surface area contributed by atoms with E-state index in [0.29, 0.717) is 18.9 Å². The maximum atomic E-state index is 12.7. The molecule has 1 amide bonds. The second-order valence-electron chi connectivity index (χ2n) is 8.96. The van der Waals surface area contributed by atoms with Gasteiger partial charge in [0.2, 0.25) is 0 Å². The average molecular weight is 553 g/mol. The number of piperazine rings is 1. The molecule has 0 saturated carbocycles. The van der Waals surface area contributed by atoms with Gasteiger partial charge in [-0.1, -0.05) is 36.4 Å². The van der Waals surface area contributed by atoms with Crippen molar-refractivity contribution in [1.82, 2.24) is 19.9 Å². The number of pyridine rings is 1. The highest BCUT2D eigenvalue weighted by Crippen LogP contribution is 2.19. The molecule has 3 N–H and O–H groups in total. The number of carboxylic acid groups (broad SMARTS) is 2. The van der Waals surface area contributed by atoms with Crippen LogP contribution in [0.2, 0.25) is 0 Å². The third kappa shape index (κ3) is 8.82. The molecule has 3 aromatic rings. The highest BCUT2D eigenvalue weighted by molar-refractivity contribution is 5.79. The number of carbonyl (C=O) groups excluding carboxylic acids is 1. The van der Waals surface area contributed by atoms with Crippen molar-refractivity contribution in [1.29, 1.82) is 0 Å². The summed E-state index contributed by atoms with van der Waals surface area (Å²) in [5.41, 5.74) is 0.914. The third-order valence-electron chi connectivity index (χ3n) is 5.88. The Morgan fingerprint density at radius 1 is 1.00 bits per heavy atom. The summed E-state index contributed by atoms with van der Waals surface area (Å²) in [5, 5.41) is 19.3. The highest BCUT2D eigenvalue weighted by atomic mass is 16.5. The van der Waals surface area contributed by atoms with Gasteiger partial charge in [-0.3, -0.25) is 9.36 Å². The molecule has 13 heteroatoms. The molecule has 13 nitrogen and oxygen atoms in total. The van der Waals surface area contributed by atoms with E-state index in [1.807, 2.05) is 48.2 Å². The van der Waals surface area contributed by atoms with Crippen LogP contribution >= 0.6 is 0 Å². The van der Waals surface area contributed by atoms with Gasteiger partial charge in [0.05, 0.1) is 6.54 Å². The summed E-state index contributed by atoms with van der Waals surface area (Å²) < 4.78 is 6.30. The highest BCUT2D eigenvalue weighted by Gasteiger charge is 2.24. The molecule has 3 heterocycles. The number of rotatable bonds is 8. The first-order valence-corrected chi connectivity index (χ1v) is 12.5. The van der Waals surface area contributed by atoms with Gasteiger partial charge < -0.3 is 30.1 Å². The lowest BCUT2D eigenvalue weighted by Crippen LogP contribution is -2.48. The molecule has 1 atom stereocenters. The summed E-state index contributed by atoms with van der Waals surface area (Å²) in [6, 6.07) is 13.5. The van der Waals surface area contributed by atoms with Gasteiger partial charge in [-0.05, 0) is 24.6 Å². The molecule has 2 aromatic heterocycles. The Bertz CT molecular complexity index is 1340. The number of carboxylic acids is 2. The number of ether oxygens (including phenoxy) is 1. The Balaban J connectivity index is 0.00000103. The molecule has 212 valence electrons. The molecular formula is C27H32N6O7. The maximum Gasteiger partial charge on any atom is 0.408 e. The minimum Gasteiger partial charge on any atom is -0.481 e. The maximum absolute atomic E-state index is 12.7. The molecule has 0 spiro atoms. The number of anilines is 2. The van der Waals surface area contributed by atoms with Crippen molar-refractivity contribution in [3.8, 4) is 0 Å². The van der Waals surface area contributed by atoms with E-state index in [0.717, 1.165) is 37.0 Å². The van der Waals surface area contributed by atoms with Crippen LogP contribution in [0.1, 0.15) is 18.1 Å². The fourth-order valence-corrected chi connectivity index (χ4v) is 4.02. The standard InChI is InChI=1S/C25H28N6O5.C2H4O2/c1-18-15-31(16-20(23(32)33)27-25(35)36-17-19-7-3-2-4-8-19)24(34)28-22(18)30-13-11-29(12-14-30)21-9-5-6-10-26-21;1-2(3)4/h2-10,15,20H,11-14,16-17H2,1H3,(H,27,35)(H,32,33);1H3,(H,3,4)/t20-;/m0./s1. The molecule has 0 radical (unpaired) electrons. The van der Waals surface area contributed by atoms with Crippen LogP contribution in [0.5, 0.6) is 0 Å². The zero-order valence-corrected chi connectivity index (χ0v) is 22.3. The van der Waals surface area contributed by atoms with E-state index < -0.39 is 29.8 Å². The number of aromatic nitrogens is 3. The lowest BCUT2D eigenvalue weighted by molar-refractivity contribution is -0.139. The van der Waals surface area contributed by atoms with Crippen molar-refractivity contribution < 1.29 is 29.3 Å². The van der Waals surface area contributed by atoms with Gasteiger partial charge in [0, 0.05) is 51.1 Å². The van der Waals surface area contributed by atoms with Gasteiger partial charge in [0.1, 0.15) is 24.3 Å². The van der Waals surface area contributed by atoms with Gasteiger partial charge >= 0.3 is 17.8 Å². The van der Waals surface area contributed by atoms with E-state index in [9.17, 15) is 19.5 Å². The van der Waals surface area contributed by atoms with Gasteiger partial charge in [-0.25, -0.2) is 19.4 Å². The van der Waals surface area contributed by atoms with Crippen LogP contribution in [0.4, 0.5) is 16.4 Å². The fraction of sp³-hybridized carbons (Fsp3) is 0.333. The molecule has 40 heavy (non-hydrogen) atoms. The van der Waals surface area contributed by atoms with Crippen molar-refractivity contribution in [2.45, 2.75) is 33.0 Å². The quantitative estimate of drug-likeness (QED) is 0.372. The molecule has 0 unspecified atom stereocenters. The second kappa shape index (κ2) is 14.3.